The van der Waals surface area contributed by atoms with E-state index in [-0.39, 0.29) is 5.91 Å². The van der Waals surface area contributed by atoms with Gasteiger partial charge in [-0.05, 0) is 42.2 Å². The molecule has 2 aromatic carbocycles. The van der Waals surface area contributed by atoms with E-state index in [2.05, 4.69) is 21.8 Å². The highest BCUT2D eigenvalue weighted by Crippen LogP contribution is 2.19. The molecule has 0 bridgehead atoms. The maximum atomic E-state index is 12.2. The van der Waals surface area contributed by atoms with Gasteiger partial charge in [0, 0.05) is 35.8 Å². The van der Waals surface area contributed by atoms with Crippen LogP contribution < -0.4 is 16.6 Å². The molecule has 0 spiro atoms. The van der Waals surface area contributed by atoms with E-state index in [9.17, 15) is 4.79 Å². The molecule has 0 fully saturated rings. The van der Waals surface area contributed by atoms with Crippen molar-refractivity contribution in [3.8, 4) is 0 Å². The van der Waals surface area contributed by atoms with Crippen LogP contribution in [-0.4, -0.2) is 17.4 Å². The first-order valence-electron chi connectivity index (χ1n) is 8.13. The Morgan fingerprint density at radius 1 is 1.04 bits per heavy atom. The van der Waals surface area contributed by atoms with Crippen LogP contribution in [0.3, 0.4) is 0 Å². The Kier molecular flexibility index (Phi) is 5.25. The van der Waals surface area contributed by atoms with Crippen LogP contribution in [0.4, 0.5) is 5.69 Å². The van der Waals surface area contributed by atoms with Crippen molar-refractivity contribution in [2.24, 2.45) is 5.84 Å². The van der Waals surface area contributed by atoms with Gasteiger partial charge < -0.3 is 10.3 Å². The Morgan fingerprint density at radius 2 is 1.83 bits per heavy atom. The Morgan fingerprint density at radius 3 is 2.62 bits per heavy atom. The summed E-state index contributed by atoms with van der Waals surface area (Å²) in [5.74, 6) is 5.30. The van der Waals surface area contributed by atoms with Crippen molar-refractivity contribution in [3.63, 3.8) is 0 Å². The monoisotopic (exact) mass is 322 g/mol. The quantitative estimate of drug-likeness (QED) is 0.399. The molecule has 1 aromatic heterocycles. The highest BCUT2D eigenvalue weighted by atomic mass is 16.1. The number of H-pyrrole nitrogens is 1. The normalized spacial score (nSPS) is 10.9. The van der Waals surface area contributed by atoms with Gasteiger partial charge in [-0.3, -0.25) is 16.1 Å². The smallest absolute Gasteiger partial charge is 0.224 e. The Balaban J connectivity index is 1.54. The average Bonchev–Trinajstić information content (AvgIpc) is 3.03. The fourth-order valence-electron chi connectivity index (χ4n) is 2.78. The number of rotatable bonds is 7. The van der Waals surface area contributed by atoms with Crippen molar-refractivity contribution >= 4 is 22.5 Å². The number of carbonyl (C=O) groups is 1. The van der Waals surface area contributed by atoms with Crippen LogP contribution in [0.15, 0.2) is 54.7 Å². The summed E-state index contributed by atoms with van der Waals surface area (Å²) >= 11 is 0. The van der Waals surface area contributed by atoms with Crippen LogP contribution in [0, 0.1) is 0 Å². The first kappa shape index (κ1) is 16.2. The molecule has 0 saturated carbocycles. The van der Waals surface area contributed by atoms with E-state index >= 15 is 0 Å². The van der Waals surface area contributed by atoms with Gasteiger partial charge >= 0.3 is 0 Å². The molecule has 0 aliphatic heterocycles. The number of aromatic amines is 1. The Labute approximate surface area is 141 Å². The van der Waals surface area contributed by atoms with Gasteiger partial charge in [0.25, 0.3) is 0 Å². The molecule has 5 heteroatoms. The van der Waals surface area contributed by atoms with Crippen molar-refractivity contribution in [1.29, 1.82) is 0 Å². The summed E-state index contributed by atoms with van der Waals surface area (Å²) in [5, 5.41) is 4.13. The highest BCUT2D eigenvalue weighted by molar-refractivity contribution is 5.91. The molecule has 3 aromatic rings. The van der Waals surface area contributed by atoms with Gasteiger partial charge in [-0.1, -0.05) is 30.3 Å². The van der Waals surface area contributed by atoms with Crippen LogP contribution in [0.1, 0.15) is 17.5 Å². The largest absolute Gasteiger partial charge is 0.361 e. The number of benzene rings is 2. The maximum absolute atomic E-state index is 12.2. The fraction of sp³-hybridized carbons (Fsp3) is 0.211. The number of para-hydroxylation sites is 1. The van der Waals surface area contributed by atoms with E-state index in [1.54, 1.807) is 0 Å². The molecule has 24 heavy (non-hydrogen) atoms. The van der Waals surface area contributed by atoms with E-state index in [1.807, 2.05) is 48.7 Å². The lowest BCUT2D eigenvalue weighted by molar-refractivity contribution is -0.116. The molecule has 3 rings (SSSR count). The van der Waals surface area contributed by atoms with Gasteiger partial charge in [-0.25, -0.2) is 0 Å². The lowest BCUT2D eigenvalue weighted by atomic mass is 10.1. The standard InChI is InChI=1S/C19H22N4O/c20-22-12-11-14-5-8-16(9-6-14)23-19(24)10-7-15-13-21-18-4-2-1-3-17(15)18/h1-6,8-9,13,21-22H,7,10-12,20H2,(H,23,24). The Bertz CT molecular complexity index is 808. The summed E-state index contributed by atoms with van der Waals surface area (Å²) in [6.07, 6.45) is 4.03. The average molecular weight is 322 g/mol. The van der Waals surface area contributed by atoms with E-state index in [4.69, 9.17) is 5.84 Å². The van der Waals surface area contributed by atoms with E-state index in [1.165, 1.54) is 16.5 Å². The number of carbonyl (C=O) groups excluding carboxylic acids is 1. The minimum Gasteiger partial charge on any atom is -0.361 e. The number of hydrogen-bond acceptors (Lipinski definition) is 3. The van der Waals surface area contributed by atoms with Crippen molar-refractivity contribution in [3.05, 3.63) is 65.9 Å². The SMILES string of the molecule is NNCCc1ccc(NC(=O)CCc2c[nH]c3ccccc23)cc1. The van der Waals surface area contributed by atoms with E-state index < -0.39 is 0 Å². The molecule has 0 radical (unpaired) electrons. The summed E-state index contributed by atoms with van der Waals surface area (Å²) < 4.78 is 0. The first-order valence-corrected chi connectivity index (χ1v) is 8.13. The van der Waals surface area contributed by atoms with Crippen LogP contribution in [0.5, 0.6) is 0 Å². The molecule has 0 unspecified atom stereocenters. The summed E-state index contributed by atoms with van der Waals surface area (Å²) in [7, 11) is 0. The molecule has 5 N–H and O–H groups in total. The van der Waals surface area contributed by atoms with Crippen LogP contribution in [-0.2, 0) is 17.6 Å². The minimum atomic E-state index is 0.0247. The van der Waals surface area contributed by atoms with Crippen molar-refractivity contribution in [2.45, 2.75) is 19.3 Å². The van der Waals surface area contributed by atoms with Crippen LogP contribution >= 0.6 is 0 Å². The van der Waals surface area contributed by atoms with Crippen molar-refractivity contribution in [2.75, 3.05) is 11.9 Å². The lowest BCUT2D eigenvalue weighted by Gasteiger charge is -2.06. The van der Waals surface area contributed by atoms with Gasteiger partial charge in [0.15, 0.2) is 0 Å². The second-order valence-corrected chi connectivity index (χ2v) is 5.81. The second kappa shape index (κ2) is 7.77. The van der Waals surface area contributed by atoms with E-state index in [0.29, 0.717) is 6.42 Å². The number of amides is 1. The number of anilines is 1. The highest BCUT2D eigenvalue weighted by Gasteiger charge is 2.07. The van der Waals surface area contributed by atoms with Crippen molar-refractivity contribution < 1.29 is 4.79 Å². The molecule has 0 atom stereocenters. The van der Waals surface area contributed by atoms with Gasteiger partial charge in [0.05, 0.1) is 0 Å². The maximum Gasteiger partial charge on any atom is 0.224 e. The lowest BCUT2D eigenvalue weighted by Crippen LogP contribution is -2.24. The topological polar surface area (TPSA) is 82.9 Å². The Hall–Kier alpha value is -2.63. The summed E-state index contributed by atoms with van der Waals surface area (Å²) in [4.78, 5) is 15.4. The summed E-state index contributed by atoms with van der Waals surface area (Å²) in [6, 6.07) is 16.0. The molecular formula is C19H22N4O. The molecule has 5 nitrogen and oxygen atoms in total. The summed E-state index contributed by atoms with van der Waals surface area (Å²) in [6.45, 7) is 0.732. The third-order valence-electron chi connectivity index (χ3n) is 4.09. The molecule has 124 valence electrons. The number of nitrogens with one attached hydrogen (secondary N) is 3. The van der Waals surface area contributed by atoms with Gasteiger partial charge in [-0.15, -0.1) is 0 Å². The van der Waals surface area contributed by atoms with Gasteiger partial charge in [0.2, 0.25) is 5.91 Å². The zero-order chi connectivity index (χ0) is 16.8. The predicted molar refractivity (Wildman–Crippen MR) is 97.6 cm³/mol. The fourth-order valence-corrected chi connectivity index (χ4v) is 2.78. The molecular weight excluding hydrogens is 300 g/mol. The van der Waals surface area contributed by atoms with Crippen LogP contribution in [0.25, 0.3) is 10.9 Å². The van der Waals surface area contributed by atoms with Crippen LogP contribution in [0.2, 0.25) is 0 Å². The second-order valence-electron chi connectivity index (χ2n) is 5.81. The third kappa shape index (κ3) is 4.01. The third-order valence-corrected chi connectivity index (χ3v) is 4.09. The molecule has 1 amide bonds. The molecule has 0 saturated heterocycles. The number of hydrogen-bond donors (Lipinski definition) is 4. The number of nitrogens with two attached hydrogens (primary N) is 1. The van der Waals surface area contributed by atoms with Gasteiger partial charge in [-0.2, -0.15) is 0 Å². The van der Waals surface area contributed by atoms with Gasteiger partial charge in [0.1, 0.15) is 0 Å². The number of hydrazine groups is 1. The number of aromatic nitrogens is 1. The minimum absolute atomic E-state index is 0.0247. The number of aryl methyl sites for hydroxylation is 1. The zero-order valence-corrected chi connectivity index (χ0v) is 13.5. The zero-order valence-electron chi connectivity index (χ0n) is 13.5. The van der Waals surface area contributed by atoms with E-state index in [0.717, 1.165) is 30.6 Å². The molecule has 1 heterocycles. The molecule has 0 aliphatic carbocycles. The first-order chi connectivity index (χ1) is 11.8. The number of fused-ring (bicyclic) bond motifs is 1. The summed E-state index contributed by atoms with van der Waals surface area (Å²) in [5.41, 5.74) is 6.92. The predicted octanol–water partition coefficient (Wildman–Crippen LogP) is 2.75. The van der Waals surface area contributed by atoms with Crippen molar-refractivity contribution in [1.82, 2.24) is 10.4 Å². The molecule has 0 aliphatic rings.